The fourth-order valence-electron chi connectivity index (χ4n) is 9.87. The van der Waals surface area contributed by atoms with Crippen molar-refractivity contribution in [3.63, 3.8) is 0 Å². The highest BCUT2D eigenvalue weighted by molar-refractivity contribution is 5.90. The average Bonchev–Trinajstić information content (AvgIpc) is 3.52. The van der Waals surface area contributed by atoms with E-state index in [2.05, 4.69) is 13.0 Å². The number of rotatable bonds is 10. The van der Waals surface area contributed by atoms with E-state index in [0.29, 0.717) is 18.8 Å². The Labute approximate surface area is 248 Å². The summed E-state index contributed by atoms with van der Waals surface area (Å²) in [6.07, 6.45) is 7.35. The number of aliphatic carboxylic acids is 1. The topological polar surface area (TPSA) is 129 Å². The van der Waals surface area contributed by atoms with E-state index in [4.69, 9.17) is 18.9 Å². The molecule has 4 aliphatic carbocycles. The molecule has 1 saturated heterocycles. The van der Waals surface area contributed by atoms with Gasteiger partial charge in [-0.2, -0.15) is 0 Å². The van der Waals surface area contributed by atoms with Crippen molar-refractivity contribution in [1.29, 1.82) is 0 Å². The van der Waals surface area contributed by atoms with Gasteiger partial charge >= 0.3 is 11.9 Å². The Hall–Kier alpha value is -2.33. The molecule has 0 amide bonds. The summed E-state index contributed by atoms with van der Waals surface area (Å²) in [5.74, 6) is -1.21. The third kappa shape index (κ3) is 4.14. The number of esters is 1. The van der Waals surface area contributed by atoms with Gasteiger partial charge in [-0.3, -0.25) is 4.79 Å². The summed E-state index contributed by atoms with van der Waals surface area (Å²) in [6, 6.07) is 0. The summed E-state index contributed by atoms with van der Waals surface area (Å²) < 4.78 is 23.7. The maximum absolute atomic E-state index is 13.7. The normalized spacial score (nSPS) is 45.9. The van der Waals surface area contributed by atoms with Gasteiger partial charge in [-0.1, -0.05) is 57.1 Å². The molecule has 1 heterocycles. The van der Waals surface area contributed by atoms with E-state index in [-0.39, 0.29) is 30.3 Å². The molecule has 0 aromatic heterocycles. The van der Waals surface area contributed by atoms with Crippen molar-refractivity contribution in [1.82, 2.24) is 0 Å². The molecule has 0 spiro atoms. The Morgan fingerprint density at radius 1 is 1.17 bits per heavy atom. The minimum absolute atomic E-state index is 0.00379. The lowest BCUT2D eigenvalue weighted by atomic mass is 9.43. The van der Waals surface area contributed by atoms with Crippen LogP contribution >= 0.6 is 0 Å². The van der Waals surface area contributed by atoms with Crippen molar-refractivity contribution in [3.8, 4) is 0 Å². The number of allylic oxidation sites excluding steroid dienone is 4. The molecule has 5 rings (SSSR count). The maximum Gasteiger partial charge on any atom is 0.331 e. The predicted molar refractivity (Wildman–Crippen MR) is 153 cm³/mol. The van der Waals surface area contributed by atoms with Gasteiger partial charge in [-0.25, -0.2) is 4.79 Å². The highest BCUT2D eigenvalue weighted by Crippen LogP contribution is 2.82. The van der Waals surface area contributed by atoms with Crippen molar-refractivity contribution < 1.29 is 43.5 Å². The van der Waals surface area contributed by atoms with Crippen LogP contribution in [0.4, 0.5) is 0 Å². The standard InChI is InChI=1S/C33H46O9/c1-7-8-9-10-25(35)42-28-26(36)29(41-20(5)27(28)39-6)40-17-32-15-22-19(4)11-12-23(22)31(16-34)14-21(32)13-24(18(2)3)33(31,32)30(37)38/h7-10,13,16,18-23,26-29,36H,11-12,14-15,17H2,1-6H3,(H,37,38)/b8-7+,10-9-/t19-,20-,21+,22-,23-,26+,27-,28+,29-,31?,32?,33+/m1/s1. The molecule has 42 heavy (non-hydrogen) atoms. The molecular weight excluding hydrogens is 540 g/mol. The lowest BCUT2D eigenvalue weighted by Gasteiger charge is -2.58. The van der Waals surface area contributed by atoms with Gasteiger partial charge in [0.15, 0.2) is 12.4 Å². The molecule has 4 fully saturated rings. The second kappa shape index (κ2) is 11.3. The van der Waals surface area contributed by atoms with Crippen molar-refractivity contribution in [2.45, 2.75) is 91.0 Å². The van der Waals surface area contributed by atoms with Gasteiger partial charge in [0.25, 0.3) is 0 Å². The molecular formula is C33H46O9. The summed E-state index contributed by atoms with van der Waals surface area (Å²) >= 11 is 0. The third-order valence-corrected chi connectivity index (χ3v) is 11.4. The van der Waals surface area contributed by atoms with E-state index in [1.807, 2.05) is 20.8 Å². The molecule has 232 valence electrons. The number of hydrogen-bond acceptors (Lipinski definition) is 8. The predicted octanol–water partition coefficient (Wildman–Crippen LogP) is 4.09. The highest BCUT2D eigenvalue weighted by Gasteiger charge is 2.84. The number of carboxylic acid groups (broad SMARTS) is 1. The summed E-state index contributed by atoms with van der Waals surface area (Å²) in [4.78, 5) is 39.4. The van der Waals surface area contributed by atoms with Gasteiger partial charge in [0.2, 0.25) is 0 Å². The number of aliphatic hydroxyl groups is 1. The maximum atomic E-state index is 13.7. The van der Waals surface area contributed by atoms with Crippen molar-refractivity contribution in [2.24, 2.45) is 45.8 Å². The van der Waals surface area contributed by atoms with E-state index in [0.717, 1.165) is 24.7 Å². The van der Waals surface area contributed by atoms with Crippen LogP contribution in [0.15, 0.2) is 36.0 Å². The van der Waals surface area contributed by atoms with Gasteiger partial charge in [0.05, 0.1) is 18.1 Å². The Balaban J connectivity index is 1.49. The van der Waals surface area contributed by atoms with Gasteiger partial charge in [0, 0.05) is 18.6 Å². The second-order valence-electron chi connectivity index (χ2n) is 13.5. The molecule has 12 atom stereocenters. The fourth-order valence-corrected chi connectivity index (χ4v) is 9.87. The largest absolute Gasteiger partial charge is 0.481 e. The lowest BCUT2D eigenvalue weighted by molar-refractivity contribution is -0.308. The Bertz CT molecular complexity index is 1170. The van der Waals surface area contributed by atoms with Crippen LogP contribution in [0.1, 0.15) is 60.3 Å². The van der Waals surface area contributed by atoms with Crippen LogP contribution in [0, 0.1) is 45.8 Å². The van der Waals surface area contributed by atoms with E-state index in [9.17, 15) is 24.6 Å². The first-order chi connectivity index (χ1) is 19.9. The molecule has 3 saturated carbocycles. The average molecular weight is 587 g/mol. The minimum atomic E-state index is -1.39. The number of hydrogen-bond donors (Lipinski definition) is 2. The van der Waals surface area contributed by atoms with E-state index in [1.165, 1.54) is 13.2 Å². The number of carbonyl (C=O) groups excluding carboxylic acids is 2. The first-order valence-corrected chi connectivity index (χ1v) is 15.4. The molecule has 9 nitrogen and oxygen atoms in total. The van der Waals surface area contributed by atoms with E-state index < -0.39 is 58.9 Å². The van der Waals surface area contributed by atoms with E-state index >= 15 is 0 Å². The van der Waals surface area contributed by atoms with Crippen LogP contribution in [0.5, 0.6) is 0 Å². The molecule has 0 aromatic carbocycles. The molecule has 2 N–H and O–H groups in total. The van der Waals surface area contributed by atoms with Crippen LogP contribution in [-0.2, 0) is 33.3 Å². The molecule has 4 bridgehead atoms. The van der Waals surface area contributed by atoms with Crippen molar-refractivity contribution in [3.05, 3.63) is 36.0 Å². The first-order valence-electron chi connectivity index (χ1n) is 15.4. The number of methoxy groups -OCH3 is 1. The molecule has 2 unspecified atom stereocenters. The fraction of sp³-hybridized carbons (Fsp3) is 0.727. The van der Waals surface area contributed by atoms with Gasteiger partial charge in [-0.05, 0) is 62.7 Å². The van der Waals surface area contributed by atoms with Gasteiger partial charge in [0.1, 0.15) is 23.9 Å². The number of aliphatic hydroxyl groups excluding tert-OH is 1. The monoisotopic (exact) mass is 586 g/mol. The number of carboxylic acids is 1. The minimum Gasteiger partial charge on any atom is -0.481 e. The Morgan fingerprint density at radius 2 is 1.90 bits per heavy atom. The zero-order valence-electron chi connectivity index (χ0n) is 25.5. The number of carbonyl (C=O) groups is 3. The SMILES string of the molecule is C/C=C/C=C\C(=O)O[C@H]1[C@H](O)[C@H](OCC23C[C@@H]4[C@H](C)CC[C@H]4C4(C=O)C[C@@H]2C=C(C(C)C)[C@]43C(=O)O)O[C@H](C)[C@H]1OC. The molecule has 5 aliphatic rings. The zero-order chi connectivity index (χ0) is 30.6. The molecule has 0 aromatic rings. The van der Waals surface area contributed by atoms with Crippen LogP contribution in [0.25, 0.3) is 0 Å². The van der Waals surface area contributed by atoms with Gasteiger partial charge in [-0.15, -0.1) is 0 Å². The summed E-state index contributed by atoms with van der Waals surface area (Å²) in [7, 11) is 1.46. The first kappa shape index (κ1) is 31.1. The van der Waals surface area contributed by atoms with Crippen molar-refractivity contribution in [2.75, 3.05) is 13.7 Å². The van der Waals surface area contributed by atoms with Gasteiger partial charge < -0.3 is 34.0 Å². The highest BCUT2D eigenvalue weighted by atomic mass is 16.7. The number of fused-ring (bicyclic) bond motifs is 2. The number of ether oxygens (including phenoxy) is 4. The summed E-state index contributed by atoms with van der Waals surface area (Å²) in [5, 5.41) is 22.6. The zero-order valence-corrected chi connectivity index (χ0v) is 25.5. The lowest BCUT2D eigenvalue weighted by Crippen LogP contribution is -2.64. The Kier molecular flexibility index (Phi) is 8.37. The summed E-state index contributed by atoms with van der Waals surface area (Å²) in [6.45, 7) is 9.78. The molecule has 0 radical (unpaired) electrons. The smallest absolute Gasteiger partial charge is 0.331 e. The van der Waals surface area contributed by atoms with Crippen LogP contribution in [0.2, 0.25) is 0 Å². The van der Waals surface area contributed by atoms with Crippen LogP contribution in [-0.4, -0.2) is 72.9 Å². The molecule has 1 aliphatic heterocycles. The number of aldehydes is 1. The molecule has 9 heteroatoms. The van der Waals surface area contributed by atoms with Crippen LogP contribution in [0.3, 0.4) is 0 Å². The quantitative estimate of drug-likeness (QED) is 0.128. The van der Waals surface area contributed by atoms with Crippen LogP contribution < -0.4 is 0 Å². The van der Waals surface area contributed by atoms with E-state index in [1.54, 1.807) is 25.2 Å². The Morgan fingerprint density at radius 3 is 2.52 bits per heavy atom. The summed E-state index contributed by atoms with van der Waals surface area (Å²) in [5.41, 5.74) is -2.45. The third-order valence-electron chi connectivity index (χ3n) is 11.4. The second-order valence-corrected chi connectivity index (χ2v) is 13.5. The van der Waals surface area contributed by atoms with Crippen molar-refractivity contribution >= 4 is 18.2 Å².